The number of hydrogen-bond donors (Lipinski definition) is 13. The first-order valence-corrected chi connectivity index (χ1v) is 26.8. The standard InChI is InChI=1S/C51H84O22/c1-20(19-65-45-39(60)38(59)35(56)30(17-52)69-45)9-14-51(64)21(2)32-29(73-51)16-28-26-8-7-24-15-25(10-12-49(24,5)27(26)11-13-50(28,32)6)68-48-44(72-47-41(62)37(58)34(55)23(4)67-47)42(63)43(31(18-53)70-48)71-46-40(61)36(57)33(54)22(3)66-46/h7,20-23,25-48,52-64H,8-19H2,1-6H3/t20-,21+,22+,23+,25+,26-,27+,28+,29+,30+,31-,32+,33+,34+,35+,36-,37-,38-,39+,40-,41-,42+,43-,44-,45+,46+,47+,48-,49+,50+,51-/m1/s1. The molecule has 8 fully saturated rings. The predicted octanol–water partition coefficient (Wildman–Crippen LogP) is -1.98. The average Bonchev–Trinajstić information content (AvgIpc) is 3.80. The lowest BCUT2D eigenvalue weighted by molar-refractivity contribution is -0.388. The van der Waals surface area contributed by atoms with Crippen LogP contribution in [0.4, 0.5) is 0 Å². The van der Waals surface area contributed by atoms with E-state index in [0.29, 0.717) is 43.4 Å². The summed E-state index contributed by atoms with van der Waals surface area (Å²) in [5.41, 5.74) is 1.07. The maximum absolute atomic E-state index is 12.1. The first kappa shape index (κ1) is 56.6. The van der Waals surface area contributed by atoms with Crippen LogP contribution in [0.5, 0.6) is 0 Å². The van der Waals surface area contributed by atoms with Crippen molar-refractivity contribution in [1.29, 1.82) is 0 Å². The Morgan fingerprint density at radius 1 is 0.644 bits per heavy atom. The van der Waals surface area contributed by atoms with Crippen LogP contribution in [0.1, 0.15) is 99.3 Å². The molecular weight excluding hydrogens is 965 g/mol. The number of aliphatic hydroxyl groups excluding tert-OH is 12. The SMILES string of the molecule is C[C@H](CC[C@@]1(O)O[C@H]2C[C@H]3[C@@H]4CC=C5C[C@@H](O[C@@H]6O[C@H](CO)[C@@H](O[C@@H]7O[C@@H](C)[C@H](O)[C@@H](O)[C@H]7O)[C@H](O)[C@H]6O[C@@H]6O[C@@H](C)[C@H](O)[C@@H](O)[C@H]6O)CC[C@]5(C)[C@H]4CC[C@]3(C)[C@H]2[C@@H]1C)CO[C@H]1O[C@@H](CO)[C@H](O)[C@@H](O)[C@@H]1O. The highest BCUT2D eigenvalue weighted by Crippen LogP contribution is 2.70. The molecule has 0 bridgehead atoms. The van der Waals surface area contributed by atoms with Gasteiger partial charge in [-0.15, -0.1) is 0 Å². The van der Waals surface area contributed by atoms with Crippen molar-refractivity contribution in [3.63, 3.8) is 0 Å². The van der Waals surface area contributed by atoms with E-state index in [9.17, 15) is 66.4 Å². The topological polar surface area (TPSA) is 346 Å². The highest BCUT2D eigenvalue weighted by atomic mass is 16.8. The van der Waals surface area contributed by atoms with E-state index in [1.807, 2.05) is 6.92 Å². The van der Waals surface area contributed by atoms with Gasteiger partial charge in [-0.1, -0.05) is 39.3 Å². The number of ether oxygens (including phenoxy) is 9. The summed E-state index contributed by atoms with van der Waals surface area (Å²) >= 11 is 0. The second-order valence-electron chi connectivity index (χ2n) is 23.8. The Morgan fingerprint density at radius 3 is 1.86 bits per heavy atom. The molecule has 13 N–H and O–H groups in total. The summed E-state index contributed by atoms with van der Waals surface area (Å²) in [6.45, 7) is 10.7. The van der Waals surface area contributed by atoms with Crippen LogP contribution < -0.4 is 0 Å². The minimum Gasteiger partial charge on any atom is -0.394 e. The first-order chi connectivity index (χ1) is 34.5. The van der Waals surface area contributed by atoms with Gasteiger partial charge in [0.15, 0.2) is 30.9 Å². The monoisotopic (exact) mass is 1050 g/mol. The third-order valence-corrected chi connectivity index (χ3v) is 19.5. The first-order valence-electron chi connectivity index (χ1n) is 26.8. The fraction of sp³-hybridized carbons (Fsp3) is 0.961. The quantitative estimate of drug-likeness (QED) is 0.0839. The van der Waals surface area contributed by atoms with E-state index in [1.165, 1.54) is 19.4 Å². The molecule has 0 spiro atoms. The van der Waals surface area contributed by atoms with E-state index in [1.54, 1.807) is 0 Å². The van der Waals surface area contributed by atoms with E-state index in [2.05, 4.69) is 26.8 Å². The predicted molar refractivity (Wildman–Crippen MR) is 249 cm³/mol. The van der Waals surface area contributed by atoms with Crippen molar-refractivity contribution >= 4 is 0 Å². The van der Waals surface area contributed by atoms with Gasteiger partial charge >= 0.3 is 0 Å². The second kappa shape index (κ2) is 21.8. The van der Waals surface area contributed by atoms with Crippen molar-refractivity contribution in [2.45, 2.75) is 240 Å². The molecule has 22 nitrogen and oxygen atoms in total. The summed E-state index contributed by atoms with van der Waals surface area (Å²) < 4.78 is 54.6. The lowest BCUT2D eigenvalue weighted by Crippen LogP contribution is -2.66. The largest absolute Gasteiger partial charge is 0.394 e. The van der Waals surface area contributed by atoms with Gasteiger partial charge < -0.3 is 109 Å². The Kier molecular flexibility index (Phi) is 16.9. The molecule has 420 valence electrons. The molecule has 0 aromatic heterocycles. The molecule has 0 unspecified atom stereocenters. The van der Waals surface area contributed by atoms with E-state index >= 15 is 0 Å². The molecule has 4 aliphatic carbocycles. The molecule has 5 aliphatic heterocycles. The van der Waals surface area contributed by atoms with Crippen LogP contribution in [0.3, 0.4) is 0 Å². The van der Waals surface area contributed by atoms with E-state index < -0.39 is 148 Å². The Hall–Kier alpha value is -1.14. The van der Waals surface area contributed by atoms with Crippen molar-refractivity contribution in [2.75, 3.05) is 19.8 Å². The molecule has 9 rings (SSSR count). The summed E-state index contributed by atoms with van der Waals surface area (Å²) in [5.74, 6) is -0.232. The molecule has 0 aromatic rings. The number of hydrogen-bond acceptors (Lipinski definition) is 22. The molecule has 31 atom stereocenters. The zero-order valence-corrected chi connectivity index (χ0v) is 42.7. The van der Waals surface area contributed by atoms with E-state index in [-0.39, 0.29) is 41.3 Å². The highest BCUT2D eigenvalue weighted by Gasteiger charge is 2.68. The molecule has 22 heteroatoms. The van der Waals surface area contributed by atoms with Crippen LogP contribution in [0.15, 0.2) is 11.6 Å². The van der Waals surface area contributed by atoms with E-state index in [0.717, 1.165) is 32.1 Å². The molecule has 5 saturated heterocycles. The van der Waals surface area contributed by atoms with Crippen molar-refractivity contribution in [3.05, 3.63) is 11.6 Å². The van der Waals surface area contributed by atoms with Gasteiger partial charge in [0.1, 0.15) is 85.5 Å². The van der Waals surface area contributed by atoms with Gasteiger partial charge in [-0.05, 0) is 106 Å². The van der Waals surface area contributed by atoms with Gasteiger partial charge in [0, 0.05) is 12.3 Å². The van der Waals surface area contributed by atoms with Crippen LogP contribution in [-0.4, -0.2) is 227 Å². The summed E-state index contributed by atoms with van der Waals surface area (Å²) in [6, 6.07) is 0. The van der Waals surface area contributed by atoms with Gasteiger partial charge in [-0.25, -0.2) is 0 Å². The zero-order valence-electron chi connectivity index (χ0n) is 42.7. The summed E-state index contributed by atoms with van der Waals surface area (Å²) in [4.78, 5) is 0. The highest BCUT2D eigenvalue weighted by molar-refractivity contribution is 5.26. The van der Waals surface area contributed by atoms with Crippen LogP contribution in [-0.2, 0) is 42.6 Å². The minimum atomic E-state index is -1.75. The Bertz CT molecular complexity index is 1900. The summed E-state index contributed by atoms with van der Waals surface area (Å²) in [5, 5.41) is 139. The molecule has 5 heterocycles. The summed E-state index contributed by atoms with van der Waals surface area (Å²) in [7, 11) is 0. The smallest absolute Gasteiger partial charge is 0.187 e. The molecule has 0 amide bonds. The number of fused-ring (bicyclic) bond motifs is 7. The fourth-order valence-electron chi connectivity index (χ4n) is 14.9. The Labute approximate surface area is 426 Å². The normalized spacial score (nSPS) is 55.5. The Balaban J connectivity index is 0.846. The molecular formula is C51H84O22. The molecule has 0 aromatic carbocycles. The number of allylic oxidation sites excluding steroid dienone is 1. The zero-order chi connectivity index (χ0) is 52.8. The van der Waals surface area contributed by atoms with Crippen molar-refractivity contribution in [1.82, 2.24) is 0 Å². The third-order valence-electron chi connectivity index (χ3n) is 19.5. The van der Waals surface area contributed by atoms with E-state index in [4.69, 9.17) is 42.6 Å². The van der Waals surface area contributed by atoms with Gasteiger partial charge in [0.25, 0.3) is 0 Å². The molecule has 0 radical (unpaired) electrons. The number of rotatable bonds is 14. The van der Waals surface area contributed by atoms with Gasteiger partial charge in [-0.2, -0.15) is 0 Å². The molecule has 3 saturated carbocycles. The lowest BCUT2D eigenvalue weighted by atomic mass is 9.47. The maximum atomic E-state index is 12.1. The van der Waals surface area contributed by atoms with Crippen LogP contribution >= 0.6 is 0 Å². The maximum Gasteiger partial charge on any atom is 0.187 e. The minimum absolute atomic E-state index is 0.0589. The average molecular weight is 1050 g/mol. The number of aliphatic hydroxyl groups is 13. The van der Waals surface area contributed by atoms with Crippen LogP contribution in [0.25, 0.3) is 0 Å². The Morgan fingerprint density at radius 2 is 1.23 bits per heavy atom. The van der Waals surface area contributed by atoms with Crippen molar-refractivity contribution in [3.8, 4) is 0 Å². The molecule has 73 heavy (non-hydrogen) atoms. The van der Waals surface area contributed by atoms with Gasteiger partial charge in [0.2, 0.25) is 0 Å². The van der Waals surface area contributed by atoms with Crippen LogP contribution in [0.2, 0.25) is 0 Å². The second-order valence-corrected chi connectivity index (χ2v) is 23.8. The lowest BCUT2D eigenvalue weighted by Gasteiger charge is -2.58. The molecule has 9 aliphatic rings. The van der Waals surface area contributed by atoms with Gasteiger partial charge in [0.05, 0.1) is 44.2 Å². The van der Waals surface area contributed by atoms with Crippen molar-refractivity contribution in [2.24, 2.45) is 46.3 Å². The van der Waals surface area contributed by atoms with Crippen molar-refractivity contribution < 1.29 is 109 Å². The third kappa shape index (κ3) is 10.2. The fourth-order valence-corrected chi connectivity index (χ4v) is 14.9. The van der Waals surface area contributed by atoms with Crippen LogP contribution in [0, 0.1) is 46.3 Å². The van der Waals surface area contributed by atoms with Gasteiger partial charge in [-0.3, -0.25) is 0 Å². The summed E-state index contributed by atoms with van der Waals surface area (Å²) in [6.07, 6.45) is -20.5.